The highest BCUT2D eigenvalue weighted by Gasteiger charge is 2.11. The maximum atomic E-state index is 12.4. The van der Waals surface area contributed by atoms with Crippen LogP contribution in [0.3, 0.4) is 0 Å². The van der Waals surface area contributed by atoms with Crippen molar-refractivity contribution < 1.29 is 14.4 Å². The Morgan fingerprint density at radius 3 is 1.62 bits per heavy atom. The molecule has 6 heteroatoms. The Morgan fingerprint density at radius 2 is 1.03 bits per heavy atom. The Balaban J connectivity index is 1.32. The van der Waals surface area contributed by atoms with Gasteiger partial charge in [0.15, 0.2) is 0 Å². The average Bonchev–Trinajstić information content (AvgIpc) is 2.88. The number of hydrogen-bond acceptors (Lipinski definition) is 3. The summed E-state index contributed by atoms with van der Waals surface area (Å²) in [4.78, 5) is 37.2. The van der Waals surface area contributed by atoms with Crippen molar-refractivity contribution in [2.75, 3.05) is 5.32 Å². The van der Waals surface area contributed by atoms with Gasteiger partial charge < -0.3 is 5.32 Å². The minimum atomic E-state index is -0.467. The Kier molecular flexibility index (Phi) is 6.79. The van der Waals surface area contributed by atoms with Crippen LogP contribution in [-0.4, -0.2) is 17.7 Å². The summed E-state index contributed by atoms with van der Waals surface area (Å²) in [5.41, 5.74) is 9.68. The number of anilines is 1. The Labute approximate surface area is 197 Å². The molecule has 0 aromatic heterocycles. The first kappa shape index (κ1) is 22.5. The average molecular weight is 450 g/mol. The van der Waals surface area contributed by atoms with Gasteiger partial charge in [-0.25, -0.2) is 0 Å². The van der Waals surface area contributed by atoms with Crippen LogP contribution in [0.1, 0.15) is 36.6 Å². The van der Waals surface area contributed by atoms with Crippen molar-refractivity contribution in [3.05, 3.63) is 125 Å². The molecule has 0 aliphatic carbocycles. The van der Waals surface area contributed by atoms with E-state index in [1.54, 1.807) is 48.5 Å². The van der Waals surface area contributed by atoms with Crippen LogP contribution in [0.15, 0.2) is 103 Å². The zero-order valence-corrected chi connectivity index (χ0v) is 18.5. The number of amides is 3. The molecule has 0 spiro atoms. The molecule has 0 fully saturated rings. The fraction of sp³-hybridized carbons (Fsp3) is 0.0357. The van der Waals surface area contributed by atoms with Crippen LogP contribution in [0, 0.1) is 6.92 Å². The molecule has 4 rings (SSSR count). The van der Waals surface area contributed by atoms with Crippen LogP contribution in [0.5, 0.6) is 0 Å². The van der Waals surface area contributed by atoms with Crippen molar-refractivity contribution in [3.63, 3.8) is 0 Å². The van der Waals surface area contributed by atoms with Gasteiger partial charge >= 0.3 is 0 Å². The molecule has 4 aromatic carbocycles. The lowest BCUT2D eigenvalue weighted by atomic mass is 10.0. The lowest BCUT2D eigenvalue weighted by Crippen LogP contribution is -2.41. The van der Waals surface area contributed by atoms with Crippen LogP contribution in [0.4, 0.5) is 5.69 Å². The van der Waals surface area contributed by atoms with Crippen LogP contribution >= 0.6 is 0 Å². The van der Waals surface area contributed by atoms with Gasteiger partial charge in [0.25, 0.3) is 17.7 Å². The molecule has 34 heavy (non-hydrogen) atoms. The van der Waals surface area contributed by atoms with E-state index in [0.717, 1.165) is 16.7 Å². The summed E-state index contributed by atoms with van der Waals surface area (Å²) in [7, 11) is 0. The summed E-state index contributed by atoms with van der Waals surface area (Å²) >= 11 is 0. The van der Waals surface area contributed by atoms with E-state index >= 15 is 0 Å². The molecule has 0 aliphatic heterocycles. The quantitative estimate of drug-likeness (QED) is 0.375. The highest BCUT2D eigenvalue weighted by Crippen LogP contribution is 2.19. The number of carbonyl (C=O) groups is 3. The predicted molar refractivity (Wildman–Crippen MR) is 132 cm³/mol. The second kappa shape index (κ2) is 10.3. The number of hydrazine groups is 1. The molecule has 6 nitrogen and oxygen atoms in total. The molecule has 168 valence electrons. The second-order valence-electron chi connectivity index (χ2n) is 7.70. The molecule has 0 atom stereocenters. The fourth-order valence-electron chi connectivity index (χ4n) is 3.43. The van der Waals surface area contributed by atoms with E-state index < -0.39 is 11.8 Å². The molecule has 0 heterocycles. The Bertz CT molecular complexity index is 1320. The molecule has 0 aliphatic rings. The number of aryl methyl sites for hydroxylation is 1. The van der Waals surface area contributed by atoms with E-state index in [-0.39, 0.29) is 5.91 Å². The molecular formula is C28H23N3O3. The van der Waals surface area contributed by atoms with Crippen LogP contribution in [-0.2, 0) is 0 Å². The van der Waals surface area contributed by atoms with Crippen LogP contribution < -0.4 is 16.2 Å². The standard InChI is InChI=1S/C28H23N3O3/c1-19-7-5-6-10-25(19)28(34)29-24-17-15-23(16-18-24)27(33)31-30-26(32)22-13-11-21(12-14-22)20-8-3-2-4-9-20/h2-18H,1H3,(H,29,34)(H,30,32)(H,31,33). The minimum Gasteiger partial charge on any atom is -0.322 e. The number of hydrogen-bond donors (Lipinski definition) is 3. The molecule has 3 amide bonds. The summed E-state index contributed by atoms with van der Waals surface area (Å²) in [6.07, 6.45) is 0. The summed E-state index contributed by atoms with van der Waals surface area (Å²) in [5, 5.41) is 2.81. The fourth-order valence-corrected chi connectivity index (χ4v) is 3.43. The molecular weight excluding hydrogens is 426 g/mol. The zero-order chi connectivity index (χ0) is 23.9. The maximum absolute atomic E-state index is 12.4. The van der Waals surface area contributed by atoms with E-state index in [9.17, 15) is 14.4 Å². The minimum absolute atomic E-state index is 0.221. The SMILES string of the molecule is Cc1ccccc1C(=O)Nc1ccc(C(=O)NNC(=O)c2ccc(-c3ccccc3)cc2)cc1. The van der Waals surface area contributed by atoms with Crippen molar-refractivity contribution in [2.45, 2.75) is 6.92 Å². The van der Waals surface area contributed by atoms with Crippen molar-refractivity contribution in [1.29, 1.82) is 0 Å². The van der Waals surface area contributed by atoms with Crippen molar-refractivity contribution in [2.24, 2.45) is 0 Å². The number of carbonyl (C=O) groups excluding carboxylic acids is 3. The van der Waals surface area contributed by atoms with Crippen molar-refractivity contribution in [1.82, 2.24) is 10.9 Å². The van der Waals surface area contributed by atoms with E-state index in [1.807, 2.05) is 61.5 Å². The van der Waals surface area contributed by atoms with Crippen molar-refractivity contribution in [3.8, 4) is 11.1 Å². The van der Waals surface area contributed by atoms with Gasteiger partial charge in [-0.3, -0.25) is 25.2 Å². The topological polar surface area (TPSA) is 87.3 Å². The smallest absolute Gasteiger partial charge is 0.269 e. The monoisotopic (exact) mass is 449 g/mol. The summed E-state index contributed by atoms with van der Waals surface area (Å²) in [6, 6.07) is 30.7. The summed E-state index contributed by atoms with van der Waals surface area (Å²) in [6.45, 7) is 1.87. The number of nitrogens with one attached hydrogen (secondary N) is 3. The molecule has 0 saturated carbocycles. The predicted octanol–water partition coefficient (Wildman–Crippen LogP) is 4.99. The van der Waals surface area contributed by atoms with Gasteiger partial charge in [-0.05, 0) is 66.1 Å². The first-order valence-corrected chi connectivity index (χ1v) is 10.7. The van der Waals surface area contributed by atoms with Gasteiger partial charge in [0.1, 0.15) is 0 Å². The van der Waals surface area contributed by atoms with E-state index in [4.69, 9.17) is 0 Å². The molecule has 3 N–H and O–H groups in total. The van der Waals surface area contributed by atoms with Crippen LogP contribution in [0.25, 0.3) is 11.1 Å². The normalized spacial score (nSPS) is 10.3. The van der Waals surface area contributed by atoms with Gasteiger partial charge in [-0.1, -0.05) is 60.7 Å². The molecule has 4 aromatic rings. The van der Waals surface area contributed by atoms with E-state index in [0.29, 0.717) is 22.4 Å². The molecule has 0 bridgehead atoms. The first-order chi connectivity index (χ1) is 16.5. The maximum Gasteiger partial charge on any atom is 0.269 e. The molecule has 0 unspecified atom stereocenters. The summed E-state index contributed by atoms with van der Waals surface area (Å²) < 4.78 is 0. The Morgan fingerprint density at radius 1 is 0.529 bits per heavy atom. The molecule has 0 radical (unpaired) electrons. The van der Waals surface area contributed by atoms with E-state index in [2.05, 4.69) is 16.2 Å². The Hall–Kier alpha value is -4.71. The van der Waals surface area contributed by atoms with Crippen molar-refractivity contribution >= 4 is 23.4 Å². The third-order valence-corrected chi connectivity index (χ3v) is 5.34. The first-order valence-electron chi connectivity index (χ1n) is 10.7. The largest absolute Gasteiger partial charge is 0.322 e. The lowest BCUT2D eigenvalue weighted by Gasteiger charge is -2.10. The third-order valence-electron chi connectivity index (χ3n) is 5.34. The molecule has 0 saturated heterocycles. The lowest BCUT2D eigenvalue weighted by molar-refractivity contribution is 0.0846. The highest BCUT2D eigenvalue weighted by atomic mass is 16.2. The second-order valence-corrected chi connectivity index (χ2v) is 7.70. The third kappa shape index (κ3) is 5.37. The number of benzene rings is 4. The van der Waals surface area contributed by atoms with Gasteiger partial charge in [0.05, 0.1) is 0 Å². The summed E-state index contributed by atoms with van der Waals surface area (Å²) in [5.74, 6) is -1.11. The van der Waals surface area contributed by atoms with Gasteiger partial charge in [0, 0.05) is 22.4 Å². The van der Waals surface area contributed by atoms with Gasteiger partial charge in [-0.15, -0.1) is 0 Å². The van der Waals surface area contributed by atoms with E-state index in [1.165, 1.54) is 0 Å². The number of rotatable bonds is 5. The van der Waals surface area contributed by atoms with Gasteiger partial charge in [0.2, 0.25) is 0 Å². The zero-order valence-electron chi connectivity index (χ0n) is 18.5. The highest BCUT2D eigenvalue weighted by molar-refractivity contribution is 6.05. The van der Waals surface area contributed by atoms with Crippen LogP contribution in [0.2, 0.25) is 0 Å². The van der Waals surface area contributed by atoms with Gasteiger partial charge in [-0.2, -0.15) is 0 Å².